The monoisotopic (exact) mass is 416 g/mol. The molecule has 0 aliphatic heterocycles. The van der Waals surface area contributed by atoms with Crippen LogP contribution < -0.4 is 10.9 Å². The Bertz CT molecular complexity index is 708. The molecule has 4 aliphatic carbocycles. The van der Waals surface area contributed by atoms with Crippen LogP contribution in [0.3, 0.4) is 0 Å². The van der Waals surface area contributed by atoms with Crippen molar-refractivity contribution < 1.29 is 9.59 Å². The zero-order valence-electron chi connectivity index (χ0n) is 14.8. The molecule has 0 heterocycles. The van der Waals surface area contributed by atoms with Crippen molar-refractivity contribution in [2.24, 2.45) is 23.2 Å². The van der Waals surface area contributed by atoms with Gasteiger partial charge in [0.2, 0.25) is 5.91 Å². The van der Waals surface area contributed by atoms with E-state index in [0.29, 0.717) is 6.42 Å². The number of carbonyl (C=O) groups is 2. The Balaban J connectivity index is 1.27. The van der Waals surface area contributed by atoms with Crippen LogP contribution in [0.2, 0.25) is 0 Å². The second-order valence-electron chi connectivity index (χ2n) is 8.52. The van der Waals surface area contributed by atoms with E-state index in [1.54, 1.807) is 6.08 Å². The van der Waals surface area contributed by atoms with Crippen LogP contribution in [-0.4, -0.2) is 11.8 Å². The van der Waals surface area contributed by atoms with Gasteiger partial charge in [0.15, 0.2) is 0 Å². The Morgan fingerprint density at radius 3 is 2.35 bits per heavy atom. The van der Waals surface area contributed by atoms with E-state index in [0.717, 1.165) is 27.8 Å². The van der Waals surface area contributed by atoms with Gasteiger partial charge in [-0.15, -0.1) is 0 Å². The Hall–Kier alpha value is -1.62. The van der Waals surface area contributed by atoms with Crippen molar-refractivity contribution in [3.63, 3.8) is 0 Å². The van der Waals surface area contributed by atoms with Gasteiger partial charge in [-0.3, -0.25) is 20.4 Å². The Morgan fingerprint density at radius 2 is 1.73 bits per heavy atom. The van der Waals surface area contributed by atoms with Crippen molar-refractivity contribution >= 4 is 33.8 Å². The average Bonchev–Trinajstić information content (AvgIpc) is 2.56. The molecule has 4 fully saturated rings. The van der Waals surface area contributed by atoms with Gasteiger partial charge in [0.05, 0.1) is 0 Å². The highest BCUT2D eigenvalue weighted by Gasteiger charge is 2.51. The van der Waals surface area contributed by atoms with E-state index in [4.69, 9.17) is 0 Å². The summed E-state index contributed by atoms with van der Waals surface area (Å²) in [5.74, 6) is 2.12. The topological polar surface area (TPSA) is 58.2 Å². The van der Waals surface area contributed by atoms with Crippen LogP contribution in [0.4, 0.5) is 0 Å². The maximum absolute atomic E-state index is 12.4. The summed E-state index contributed by atoms with van der Waals surface area (Å²) in [5.41, 5.74) is 6.23. The molecule has 4 aliphatic rings. The molecule has 5 heteroatoms. The molecule has 0 saturated heterocycles. The summed E-state index contributed by atoms with van der Waals surface area (Å²) in [5, 5.41) is 0. The highest BCUT2D eigenvalue weighted by atomic mass is 79.9. The summed E-state index contributed by atoms with van der Waals surface area (Å²) in [4.78, 5) is 24.3. The Labute approximate surface area is 162 Å². The van der Waals surface area contributed by atoms with E-state index in [1.807, 2.05) is 24.3 Å². The molecule has 1 aromatic rings. The predicted molar refractivity (Wildman–Crippen MR) is 105 cm³/mol. The van der Waals surface area contributed by atoms with Gasteiger partial charge in [-0.05, 0) is 85.5 Å². The van der Waals surface area contributed by atoms with Crippen molar-refractivity contribution in [3.8, 4) is 0 Å². The van der Waals surface area contributed by atoms with Crippen LogP contribution in [0.5, 0.6) is 0 Å². The quantitative estimate of drug-likeness (QED) is 0.570. The first-order valence-electron chi connectivity index (χ1n) is 9.52. The van der Waals surface area contributed by atoms with E-state index in [-0.39, 0.29) is 17.2 Å². The minimum absolute atomic E-state index is 0.0591. The minimum atomic E-state index is -0.316. The largest absolute Gasteiger partial charge is 0.273 e. The van der Waals surface area contributed by atoms with Gasteiger partial charge in [0.1, 0.15) is 0 Å². The van der Waals surface area contributed by atoms with Crippen LogP contribution >= 0.6 is 15.9 Å². The highest BCUT2D eigenvalue weighted by molar-refractivity contribution is 9.10. The number of hydrazine groups is 1. The van der Waals surface area contributed by atoms with E-state index < -0.39 is 0 Å². The second-order valence-corrected chi connectivity index (χ2v) is 9.44. The average molecular weight is 417 g/mol. The van der Waals surface area contributed by atoms with Gasteiger partial charge >= 0.3 is 0 Å². The molecule has 26 heavy (non-hydrogen) atoms. The van der Waals surface area contributed by atoms with Crippen molar-refractivity contribution in [2.75, 3.05) is 0 Å². The molecule has 4 bridgehead atoms. The number of nitrogens with one attached hydrogen (secondary N) is 2. The number of halogens is 1. The molecule has 138 valence electrons. The fraction of sp³-hybridized carbons (Fsp3) is 0.524. The van der Waals surface area contributed by atoms with Gasteiger partial charge < -0.3 is 0 Å². The number of hydrogen-bond donors (Lipinski definition) is 2. The van der Waals surface area contributed by atoms with E-state index in [1.165, 1.54) is 44.6 Å². The van der Waals surface area contributed by atoms with Crippen LogP contribution in [-0.2, 0) is 9.59 Å². The minimum Gasteiger partial charge on any atom is -0.273 e. The molecular weight excluding hydrogens is 392 g/mol. The van der Waals surface area contributed by atoms with Gasteiger partial charge in [0.25, 0.3) is 5.91 Å². The van der Waals surface area contributed by atoms with Crippen LogP contribution in [0.1, 0.15) is 50.5 Å². The molecule has 1 aromatic carbocycles. The number of benzene rings is 1. The second kappa shape index (κ2) is 7.18. The summed E-state index contributed by atoms with van der Waals surface area (Å²) in [6, 6.07) is 7.69. The molecule has 2 N–H and O–H groups in total. The van der Waals surface area contributed by atoms with Gasteiger partial charge in [-0.1, -0.05) is 28.1 Å². The van der Waals surface area contributed by atoms with Crippen LogP contribution in [0.15, 0.2) is 34.8 Å². The normalized spacial score (nSPS) is 32.0. The Kier molecular flexibility index (Phi) is 4.91. The number of hydrogen-bond acceptors (Lipinski definition) is 2. The molecule has 4 saturated carbocycles. The molecule has 0 atom stereocenters. The van der Waals surface area contributed by atoms with Gasteiger partial charge in [-0.25, -0.2) is 0 Å². The van der Waals surface area contributed by atoms with E-state index in [9.17, 15) is 9.59 Å². The third-order valence-corrected chi connectivity index (χ3v) is 6.79. The molecular formula is C21H25BrN2O2. The standard InChI is InChI=1S/C21H25BrN2O2/c22-18-3-1-2-14(9-18)4-5-19(25)23-24-20(26)13-21-10-15-6-16(11-21)8-17(7-15)12-21/h1-5,9,15-17H,6-8,10-13H2,(H,23,25)(H,24,26)/b5-4+. The molecule has 2 amide bonds. The third kappa shape index (κ3) is 4.03. The zero-order chi connectivity index (χ0) is 18.1. The summed E-state index contributed by atoms with van der Waals surface area (Å²) in [6.07, 6.45) is 11.4. The van der Waals surface area contributed by atoms with Crippen LogP contribution in [0, 0.1) is 23.2 Å². The van der Waals surface area contributed by atoms with Gasteiger partial charge in [-0.2, -0.15) is 0 Å². The summed E-state index contributed by atoms with van der Waals surface area (Å²) in [6.45, 7) is 0. The third-order valence-electron chi connectivity index (χ3n) is 6.30. The van der Waals surface area contributed by atoms with Crippen molar-refractivity contribution in [2.45, 2.75) is 44.9 Å². The molecule has 0 radical (unpaired) electrons. The highest BCUT2D eigenvalue weighted by Crippen LogP contribution is 2.61. The SMILES string of the molecule is O=C(/C=C/c1cccc(Br)c1)NNC(=O)CC12CC3CC(CC(C3)C1)C2. The lowest BCUT2D eigenvalue weighted by atomic mass is 9.49. The van der Waals surface area contributed by atoms with Crippen molar-refractivity contribution in [1.29, 1.82) is 0 Å². The maximum Gasteiger partial charge on any atom is 0.262 e. The van der Waals surface area contributed by atoms with Crippen molar-refractivity contribution in [1.82, 2.24) is 10.9 Å². The number of rotatable bonds is 4. The van der Waals surface area contributed by atoms with Gasteiger partial charge in [0, 0.05) is 17.0 Å². The number of amides is 2. The summed E-state index contributed by atoms with van der Waals surface area (Å²) in [7, 11) is 0. The zero-order valence-corrected chi connectivity index (χ0v) is 16.4. The van der Waals surface area contributed by atoms with Crippen molar-refractivity contribution in [3.05, 3.63) is 40.4 Å². The Morgan fingerprint density at radius 1 is 1.08 bits per heavy atom. The molecule has 0 unspecified atom stereocenters. The maximum atomic E-state index is 12.4. The fourth-order valence-corrected chi connectivity index (χ4v) is 6.26. The first-order chi connectivity index (χ1) is 12.5. The molecule has 0 aromatic heterocycles. The predicted octanol–water partition coefficient (Wildman–Crippen LogP) is 4.22. The first kappa shape index (κ1) is 17.8. The van der Waals surface area contributed by atoms with Crippen LogP contribution in [0.25, 0.3) is 6.08 Å². The fourth-order valence-electron chi connectivity index (χ4n) is 5.85. The molecule has 0 spiro atoms. The number of carbonyl (C=O) groups excluding carboxylic acids is 2. The molecule has 4 nitrogen and oxygen atoms in total. The van der Waals surface area contributed by atoms with E-state index >= 15 is 0 Å². The summed E-state index contributed by atoms with van der Waals surface area (Å²) >= 11 is 3.40. The van der Waals surface area contributed by atoms with E-state index in [2.05, 4.69) is 26.8 Å². The lowest BCUT2D eigenvalue weighted by Gasteiger charge is -2.56. The molecule has 5 rings (SSSR count). The lowest BCUT2D eigenvalue weighted by molar-refractivity contribution is -0.133. The smallest absolute Gasteiger partial charge is 0.262 e. The lowest BCUT2D eigenvalue weighted by Crippen LogP contribution is -2.49. The first-order valence-corrected chi connectivity index (χ1v) is 10.3. The summed E-state index contributed by atoms with van der Waals surface area (Å²) < 4.78 is 0.962.